The van der Waals surface area contributed by atoms with Crippen molar-refractivity contribution in [3.8, 4) is 6.07 Å². The number of hydrogen-bond donors (Lipinski definition) is 1. The predicted octanol–water partition coefficient (Wildman–Crippen LogP) is 1.77. The number of fused-ring (bicyclic) bond motifs is 2. The van der Waals surface area contributed by atoms with Gasteiger partial charge >= 0.3 is 0 Å². The topological polar surface area (TPSA) is 56.1 Å². The Bertz CT molecular complexity index is 609. The minimum atomic E-state index is -1.09. The number of alkyl halides is 1. The van der Waals surface area contributed by atoms with Crippen molar-refractivity contribution in [2.45, 2.75) is 29.9 Å². The highest BCUT2D eigenvalue weighted by Gasteiger charge is 2.58. The fourth-order valence-corrected chi connectivity index (χ4v) is 3.49. The molecule has 0 aliphatic carbocycles. The van der Waals surface area contributed by atoms with E-state index in [1.807, 2.05) is 35.2 Å². The second kappa shape index (κ2) is 4.62. The maximum absolute atomic E-state index is 12.1. The molecule has 2 aliphatic rings. The quantitative estimate of drug-likeness (QED) is 0.844. The molecule has 1 N–H and O–H groups in total. The lowest BCUT2D eigenvalue weighted by atomic mass is 9.99. The smallest absolute Gasteiger partial charge is 0.241 e. The van der Waals surface area contributed by atoms with Crippen LogP contribution in [0.15, 0.2) is 42.6 Å². The monoisotopic (exact) mass is 287 g/mol. The summed E-state index contributed by atoms with van der Waals surface area (Å²) in [5, 5.41) is 12.1. The summed E-state index contributed by atoms with van der Waals surface area (Å²) in [4.78, 5) is 13.0. The Hall–Kier alpha value is -1.83. The average Bonchev–Trinajstić information content (AvgIpc) is 2.68. The van der Waals surface area contributed by atoms with Crippen molar-refractivity contribution in [1.29, 1.82) is 5.26 Å². The first-order chi connectivity index (χ1) is 9.55. The number of amides is 1. The second-order valence-electron chi connectivity index (χ2n) is 5.27. The Morgan fingerprint density at radius 1 is 1.50 bits per heavy atom. The van der Waals surface area contributed by atoms with E-state index < -0.39 is 4.87 Å². The maximum atomic E-state index is 12.1. The van der Waals surface area contributed by atoms with E-state index >= 15 is 0 Å². The summed E-state index contributed by atoms with van der Waals surface area (Å²) in [5.74, 6) is -0.125. The molecule has 1 amide bonds. The van der Waals surface area contributed by atoms with Crippen LogP contribution >= 0.6 is 11.6 Å². The van der Waals surface area contributed by atoms with Gasteiger partial charge in [-0.25, -0.2) is 0 Å². The van der Waals surface area contributed by atoms with Gasteiger partial charge in [0.15, 0.2) is 4.87 Å². The predicted molar refractivity (Wildman–Crippen MR) is 75.7 cm³/mol. The summed E-state index contributed by atoms with van der Waals surface area (Å²) in [6.45, 7) is 4.45. The molecular formula is C15H14ClN3O. The number of nitriles is 1. The van der Waals surface area contributed by atoms with E-state index in [0.29, 0.717) is 18.7 Å². The normalized spacial score (nSPS) is 32.8. The molecule has 0 radical (unpaired) electrons. The number of hydrogen-bond acceptors (Lipinski definition) is 3. The van der Waals surface area contributed by atoms with E-state index in [0.717, 1.165) is 5.56 Å². The molecule has 2 heterocycles. The Morgan fingerprint density at radius 3 is 2.85 bits per heavy atom. The SMILES string of the molecule is C=C1NC(=O)[C@@H]2C[C@](Cl)(C#N)[C@H]1N2Cc1ccccc1. The third kappa shape index (κ3) is 1.91. The largest absolute Gasteiger partial charge is 0.327 e. The van der Waals surface area contributed by atoms with E-state index in [4.69, 9.17) is 11.6 Å². The first-order valence-corrected chi connectivity index (χ1v) is 6.82. The lowest BCUT2D eigenvalue weighted by Crippen LogP contribution is -2.55. The molecule has 3 rings (SSSR count). The van der Waals surface area contributed by atoms with Crippen LogP contribution in [0.5, 0.6) is 0 Å². The average molecular weight is 288 g/mol. The van der Waals surface area contributed by atoms with Crippen LogP contribution in [-0.2, 0) is 11.3 Å². The van der Waals surface area contributed by atoms with Crippen LogP contribution in [0, 0.1) is 11.3 Å². The van der Waals surface area contributed by atoms with Crippen molar-refractivity contribution in [3.05, 3.63) is 48.2 Å². The Morgan fingerprint density at radius 2 is 2.20 bits per heavy atom. The molecule has 3 atom stereocenters. The molecule has 102 valence electrons. The maximum Gasteiger partial charge on any atom is 0.241 e. The van der Waals surface area contributed by atoms with Gasteiger partial charge in [-0.05, 0) is 5.56 Å². The summed E-state index contributed by atoms with van der Waals surface area (Å²) in [6.07, 6.45) is 0.327. The van der Waals surface area contributed by atoms with Gasteiger partial charge in [-0.2, -0.15) is 5.26 Å². The molecule has 1 aromatic carbocycles. The van der Waals surface area contributed by atoms with Crippen molar-refractivity contribution in [3.63, 3.8) is 0 Å². The number of halogens is 1. The molecule has 20 heavy (non-hydrogen) atoms. The lowest BCUT2D eigenvalue weighted by molar-refractivity contribution is -0.127. The summed E-state index contributed by atoms with van der Waals surface area (Å²) in [5.41, 5.74) is 1.60. The number of piperazine rings is 1. The van der Waals surface area contributed by atoms with Crippen LogP contribution in [0.1, 0.15) is 12.0 Å². The van der Waals surface area contributed by atoms with Gasteiger partial charge in [-0.3, -0.25) is 9.69 Å². The van der Waals surface area contributed by atoms with Gasteiger partial charge in [-0.1, -0.05) is 36.9 Å². The molecular weight excluding hydrogens is 274 g/mol. The van der Waals surface area contributed by atoms with Crippen LogP contribution in [0.3, 0.4) is 0 Å². The molecule has 2 saturated heterocycles. The van der Waals surface area contributed by atoms with E-state index in [1.54, 1.807) is 0 Å². The standard InChI is InChI=1S/C15H14ClN3O/c1-10-13-15(16,9-17)7-12(14(20)18-10)19(13)8-11-5-3-2-4-6-11/h2-6,12-13H,1,7-8H2,(H,18,20)/t12-,13-,15-/m0/s1. The lowest BCUT2D eigenvalue weighted by Gasteiger charge is -2.37. The molecule has 1 aromatic rings. The van der Waals surface area contributed by atoms with Gasteiger partial charge in [0.05, 0.1) is 18.2 Å². The molecule has 0 unspecified atom stereocenters. The van der Waals surface area contributed by atoms with Crippen LogP contribution in [0.2, 0.25) is 0 Å². The molecule has 0 aromatic heterocycles. The third-order valence-corrected chi connectivity index (χ3v) is 4.41. The zero-order chi connectivity index (χ0) is 14.3. The molecule has 2 fully saturated rings. The first kappa shape index (κ1) is 13.2. The molecule has 0 saturated carbocycles. The van der Waals surface area contributed by atoms with Gasteiger partial charge in [0.2, 0.25) is 5.91 Å². The molecule has 4 nitrogen and oxygen atoms in total. The zero-order valence-electron chi connectivity index (χ0n) is 10.8. The minimum absolute atomic E-state index is 0.125. The third-order valence-electron chi connectivity index (χ3n) is 3.97. The summed E-state index contributed by atoms with van der Waals surface area (Å²) in [6, 6.07) is 11.3. The van der Waals surface area contributed by atoms with Crippen molar-refractivity contribution in [2.75, 3.05) is 0 Å². The van der Waals surface area contributed by atoms with Crippen molar-refractivity contribution in [2.24, 2.45) is 0 Å². The highest BCUT2D eigenvalue weighted by molar-refractivity contribution is 6.27. The summed E-state index contributed by atoms with van der Waals surface area (Å²) in [7, 11) is 0. The van der Waals surface area contributed by atoms with E-state index in [9.17, 15) is 10.1 Å². The van der Waals surface area contributed by atoms with E-state index in [2.05, 4.69) is 18.0 Å². The zero-order valence-corrected chi connectivity index (χ0v) is 11.6. The number of carbonyl (C=O) groups excluding carboxylic acids is 1. The van der Waals surface area contributed by atoms with Crippen LogP contribution < -0.4 is 5.32 Å². The van der Waals surface area contributed by atoms with E-state index in [1.165, 1.54) is 0 Å². The van der Waals surface area contributed by atoms with Gasteiger partial charge in [0.25, 0.3) is 0 Å². The second-order valence-corrected chi connectivity index (χ2v) is 5.94. The van der Waals surface area contributed by atoms with Gasteiger partial charge in [-0.15, -0.1) is 11.6 Å². The van der Waals surface area contributed by atoms with Gasteiger partial charge < -0.3 is 5.32 Å². The summed E-state index contributed by atoms with van der Waals surface area (Å²) >= 11 is 6.42. The van der Waals surface area contributed by atoms with Gasteiger partial charge in [0, 0.05) is 18.7 Å². The van der Waals surface area contributed by atoms with Crippen LogP contribution in [0.25, 0.3) is 0 Å². The van der Waals surface area contributed by atoms with Gasteiger partial charge in [0.1, 0.15) is 0 Å². The number of benzene rings is 1. The molecule has 0 spiro atoms. The molecule has 2 bridgehead atoms. The highest BCUT2D eigenvalue weighted by Crippen LogP contribution is 2.44. The van der Waals surface area contributed by atoms with E-state index in [-0.39, 0.29) is 18.0 Å². The number of carbonyl (C=O) groups is 1. The molecule has 2 aliphatic heterocycles. The number of nitrogens with one attached hydrogen (secondary N) is 1. The highest BCUT2D eigenvalue weighted by atomic mass is 35.5. The fraction of sp³-hybridized carbons (Fsp3) is 0.333. The first-order valence-electron chi connectivity index (χ1n) is 6.44. The van der Waals surface area contributed by atoms with Crippen molar-refractivity contribution in [1.82, 2.24) is 10.2 Å². The molecule has 5 heteroatoms. The Balaban J connectivity index is 1.96. The Kier molecular flexibility index (Phi) is 3.04. The summed E-state index contributed by atoms with van der Waals surface area (Å²) < 4.78 is 0. The number of rotatable bonds is 2. The Labute approximate surface area is 122 Å². The van der Waals surface area contributed by atoms with Crippen LogP contribution in [-0.4, -0.2) is 27.8 Å². The number of nitrogens with zero attached hydrogens (tertiary/aromatic N) is 2. The van der Waals surface area contributed by atoms with Crippen molar-refractivity contribution < 1.29 is 4.79 Å². The fourth-order valence-electron chi connectivity index (χ4n) is 3.09. The van der Waals surface area contributed by atoms with Crippen molar-refractivity contribution >= 4 is 17.5 Å². The van der Waals surface area contributed by atoms with Crippen LogP contribution in [0.4, 0.5) is 0 Å². The minimum Gasteiger partial charge on any atom is -0.327 e.